The number of carbonyl (C=O) groups is 2. The van der Waals surface area contributed by atoms with Crippen LogP contribution in [0.5, 0.6) is 0 Å². The molecule has 2 rings (SSSR count). The lowest BCUT2D eigenvalue weighted by atomic mass is 10.1. The zero-order chi connectivity index (χ0) is 13.9. The van der Waals surface area contributed by atoms with Gasteiger partial charge in [-0.25, -0.2) is 13.6 Å². The van der Waals surface area contributed by atoms with Crippen molar-refractivity contribution in [2.24, 2.45) is 11.8 Å². The van der Waals surface area contributed by atoms with Gasteiger partial charge in [-0.05, 0) is 20.8 Å². The van der Waals surface area contributed by atoms with Gasteiger partial charge in [0, 0.05) is 6.54 Å². The molecule has 0 aromatic heterocycles. The van der Waals surface area contributed by atoms with Crippen LogP contribution in [0.1, 0.15) is 20.8 Å². The first-order valence-electron chi connectivity index (χ1n) is 5.66. The Morgan fingerprint density at radius 2 is 1.94 bits per heavy atom. The Hall–Kier alpha value is -1.40. The number of aliphatic carboxylic acids is 1. The molecule has 102 valence electrons. The van der Waals surface area contributed by atoms with E-state index >= 15 is 0 Å². The second-order valence-corrected chi connectivity index (χ2v) is 5.72. The van der Waals surface area contributed by atoms with E-state index in [-0.39, 0.29) is 6.54 Å². The first-order chi connectivity index (χ1) is 8.05. The summed E-state index contributed by atoms with van der Waals surface area (Å²) in [4.78, 5) is 23.4. The molecule has 0 bridgehead atoms. The number of alkyl halides is 2. The minimum Gasteiger partial charge on any atom is -0.481 e. The summed E-state index contributed by atoms with van der Waals surface area (Å²) in [5.41, 5.74) is -0.794. The number of likely N-dealkylation sites (tertiary alicyclic amines) is 1. The number of ether oxygens (including phenoxy) is 1. The summed E-state index contributed by atoms with van der Waals surface area (Å²) < 4.78 is 31.8. The molecule has 2 fully saturated rings. The first-order valence-corrected chi connectivity index (χ1v) is 5.66. The number of hydrogen-bond donors (Lipinski definition) is 1. The van der Waals surface area contributed by atoms with Crippen molar-refractivity contribution in [3.63, 3.8) is 0 Å². The van der Waals surface area contributed by atoms with E-state index in [0.29, 0.717) is 0 Å². The Morgan fingerprint density at radius 1 is 1.39 bits per heavy atom. The number of carbonyl (C=O) groups excluding carboxylic acids is 1. The highest BCUT2D eigenvalue weighted by Gasteiger charge is 2.79. The number of piperidine rings is 1. The second kappa shape index (κ2) is 3.55. The maximum Gasteiger partial charge on any atom is 0.410 e. The molecular formula is C11H15F2NO4. The highest BCUT2D eigenvalue weighted by atomic mass is 19.3. The number of halogens is 2. The third-order valence-corrected chi connectivity index (χ3v) is 3.18. The van der Waals surface area contributed by atoms with Gasteiger partial charge in [0.2, 0.25) is 0 Å². The molecule has 5 nitrogen and oxygen atoms in total. The van der Waals surface area contributed by atoms with E-state index < -0.39 is 41.5 Å². The van der Waals surface area contributed by atoms with Gasteiger partial charge in [0.15, 0.2) is 0 Å². The van der Waals surface area contributed by atoms with Gasteiger partial charge in [0.25, 0.3) is 5.92 Å². The largest absolute Gasteiger partial charge is 0.481 e. The van der Waals surface area contributed by atoms with E-state index in [0.717, 1.165) is 4.90 Å². The van der Waals surface area contributed by atoms with Crippen molar-refractivity contribution in [3.05, 3.63) is 0 Å². The third kappa shape index (κ3) is 1.91. The molecule has 1 heterocycles. The second-order valence-electron chi connectivity index (χ2n) is 5.72. The summed E-state index contributed by atoms with van der Waals surface area (Å²) in [6.45, 7) is 4.66. The van der Waals surface area contributed by atoms with Crippen molar-refractivity contribution in [1.82, 2.24) is 4.90 Å². The summed E-state index contributed by atoms with van der Waals surface area (Å²) in [6, 6.07) is -1.33. The van der Waals surface area contributed by atoms with Gasteiger partial charge in [-0.3, -0.25) is 9.69 Å². The molecular weight excluding hydrogens is 248 g/mol. The van der Waals surface area contributed by atoms with E-state index in [1.165, 1.54) is 0 Å². The molecule has 0 spiro atoms. The molecule has 0 aromatic rings. The highest BCUT2D eigenvalue weighted by molar-refractivity contribution is 5.77. The molecule has 1 aliphatic heterocycles. The predicted molar refractivity (Wildman–Crippen MR) is 56.3 cm³/mol. The molecule has 1 N–H and O–H groups in total. The van der Waals surface area contributed by atoms with Gasteiger partial charge < -0.3 is 9.84 Å². The normalized spacial score (nSPS) is 32.9. The number of carboxylic acid groups (broad SMARTS) is 1. The van der Waals surface area contributed by atoms with Crippen molar-refractivity contribution in [3.8, 4) is 0 Å². The Morgan fingerprint density at radius 3 is 2.33 bits per heavy atom. The van der Waals surface area contributed by atoms with Gasteiger partial charge in [0.05, 0.1) is 11.8 Å². The summed E-state index contributed by atoms with van der Waals surface area (Å²) in [6.07, 6.45) is -0.876. The maximum atomic E-state index is 13.4. The monoisotopic (exact) mass is 263 g/mol. The molecule has 1 saturated heterocycles. The predicted octanol–water partition coefficient (Wildman–Crippen LogP) is 1.57. The molecule has 2 aliphatic rings. The maximum absolute atomic E-state index is 13.4. The fourth-order valence-electron chi connectivity index (χ4n) is 2.40. The van der Waals surface area contributed by atoms with E-state index in [1.54, 1.807) is 20.8 Å². The minimum absolute atomic E-state index is 0.213. The van der Waals surface area contributed by atoms with Crippen molar-refractivity contribution in [1.29, 1.82) is 0 Å². The van der Waals surface area contributed by atoms with E-state index in [1.807, 2.05) is 0 Å². The Kier molecular flexibility index (Phi) is 2.57. The number of hydrogen-bond acceptors (Lipinski definition) is 3. The van der Waals surface area contributed by atoms with E-state index in [9.17, 15) is 18.4 Å². The summed E-state index contributed by atoms with van der Waals surface area (Å²) in [5, 5.41) is 8.86. The first kappa shape index (κ1) is 13.0. The topological polar surface area (TPSA) is 66.8 Å². The van der Waals surface area contributed by atoms with Crippen molar-refractivity contribution in [2.45, 2.75) is 38.3 Å². The Labute approximate surface area is 103 Å². The van der Waals surface area contributed by atoms with Crippen LogP contribution in [-0.4, -0.2) is 46.2 Å². The van der Waals surface area contributed by atoms with E-state index in [4.69, 9.17) is 9.84 Å². The van der Waals surface area contributed by atoms with Crippen LogP contribution < -0.4 is 0 Å². The number of nitrogens with zero attached hydrogens (tertiary/aromatic N) is 1. The molecule has 1 aliphatic carbocycles. The number of carboxylic acids is 1. The Balaban J connectivity index is 2.12. The van der Waals surface area contributed by atoms with Gasteiger partial charge in [0.1, 0.15) is 11.6 Å². The van der Waals surface area contributed by atoms with Crippen LogP contribution in [0.4, 0.5) is 13.6 Å². The zero-order valence-corrected chi connectivity index (χ0v) is 10.3. The fraction of sp³-hybridized carbons (Fsp3) is 0.818. The van der Waals surface area contributed by atoms with Gasteiger partial charge >= 0.3 is 12.1 Å². The molecule has 0 unspecified atom stereocenters. The quantitative estimate of drug-likeness (QED) is 0.779. The highest BCUT2D eigenvalue weighted by Crippen LogP contribution is 2.60. The van der Waals surface area contributed by atoms with Crippen LogP contribution in [0.2, 0.25) is 0 Å². The summed E-state index contributed by atoms with van der Waals surface area (Å²) in [7, 11) is 0. The average molecular weight is 263 g/mol. The van der Waals surface area contributed by atoms with E-state index in [2.05, 4.69) is 0 Å². The van der Waals surface area contributed by atoms with Crippen LogP contribution in [0.15, 0.2) is 0 Å². The Bertz CT molecular complexity index is 404. The van der Waals surface area contributed by atoms with Gasteiger partial charge in [-0.1, -0.05) is 0 Å². The number of fused-ring (bicyclic) bond motifs is 1. The van der Waals surface area contributed by atoms with Crippen LogP contribution >= 0.6 is 0 Å². The lowest BCUT2D eigenvalue weighted by Gasteiger charge is -2.26. The standard InChI is InChI=1S/C11H15F2NO4/c1-10(2,3)18-9(17)14-4-5(8(15)16)6-7(14)11(6,12)13/h5-7H,4H2,1-3H3,(H,15,16)/t5-,6+,7-/m1/s1. The molecule has 7 heteroatoms. The van der Waals surface area contributed by atoms with Crippen LogP contribution in [0.3, 0.4) is 0 Å². The lowest BCUT2D eigenvalue weighted by Crippen LogP contribution is -2.41. The molecule has 1 amide bonds. The van der Waals surface area contributed by atoms with Crippen LogP contribution in [0.25, 0.3) is 0 Å². The van der Waals surface area contributed by atoms with Gasteiger partial charge in [-0.2, -0.15) is 0 Å². The molecule has 0 radical (unpaired) electrons. The minimum atomic E-state index is -3.11. The van der Waals surface area contributed by atoms with Crippen molar-refractivity contribution in [2.75, 3.05) is 6.54 Å². The summed E-state index contributed by atoms with van der Waals surface area (Å²) in [5.74, 6) is -6.90. The molecule has 0 aromatic carbocycles. The smallest absolute Gasteiger partial charge is 0.410 e. The lowest BCUT2D eigenvalue weighted by molar-refractivity contribution is -0.143. The third-order valence-electron chi connectivity index (χ3n) is 3.18. The number of amides is 1. The van der Waals surface area contributed by atoms with Crippen molar-refractivity contribution < 1.29 is 28.2 Å². The molecule has 3 atom stereocenters. The van der Waals surface area contributed by atoms with Crippen LogP contribution in [-0.2, 0) is 9.53 Å². The zero-order valence-electron chi connectivity index (χ0n) is 10.3. The average Bonchev–Trinajstić information content (AvgIpc) is 2.58. The van der Waals surface area contributed by atoms with Gasteiger partial charge in [-0.15, -0.1) is 0 Å². The fourth-order valence-corrected chi connectivity index (χ4v) is 2.40. The summed E-state index contributed by atoms with van der Waals surface area (Å²) >= 11 is 0. The molecule has 18 heavy (non-hydrogen) atoms. The number of rotatable bonds is 1. The SMILES string of the molecule is CC(C)(C)OC(=O)N1C[C@@H](C(=O)O)[C@H]2[C@@H]1C2(F)F. The van der Waals surface area contributed by atoms with Crippen molar-refractivity contribution >= 4 is 12.1 Å². The van der Waals surface area contributed by atoms with Crippen LogP contribution in [0, 0.1) is 11.8 Å². The molecule has 1 saturated carbocycles.